The van der Waals surface area contributed by atoms with Gasteiger partial charge in [0.2, 0.25) is 0 Å². The van der Waals surface area contributed by atoms with E-state index in [1.54, 1.807) is 0 Å². The third-order valence-corrected chi connectivity index (χ3v) is 2.76. The van der Waals surface area contributed by atoms with Crippen LogP contribution in [-0.2, 0) is 0 Å². The van der Waals surface area contributed by atoms with Gasteiger partial charge in [-0.25, -0.2) is 4.98 Å². The predicted molar refractivity (Wildman–Crippen MR) is 58.3 cm³/mol. The van der Waals surface area contributed by atoms with Gasteiger partial charge in [0.1, 0.15) is 5.82 Å². The predicted octanol–water partition coefficient (Wildman–Crippen LogP) is 1.18. The number of anilines is 1. The molecule has 14 heavy (non-hydrogen) atoms. The number of aryl methyl sites for hydroxylation is 1. The number of nitrogens with two attached hydrogens (primary N) is 1. The van der Waals surface area contributed by atoms with E-state index in [9.17, 15) is 0 Å². The van der Waals surface area contributed by atoms with Crippen LogP contribution in [0, 0.1) is 12.8 Å². The first-order valence-corrected chi connectivity index (χ1v) is 5.17. The van der Waals surface area contributed by atoms with Gasteiger partial charge in [-0.1, -0.05) is 0 Å². The Balaban J connectivity index is 1.93. The van der Waals surface area contributed by atoms with E-state index in [-0.39, 0.29) is 0 Å². The molecule has 76 valence electrons. The van der Waals surface area contributed by atoms with E-state index in [0.717, 1.165) is 37.8 Å². The van der Waals surface area contributed by atoms with Gasteiger partial charge in [-0.05, 0) is 43.5 Å². The van der Waals surface area contributed by atoms with Crippen LogP contribution in [0.2, 0.25) is 0 Å². The molecule has 2 rings (SSSR count). The van der Waals surface area contributed by atoms with Crippen molar-refractivity contribution in [3.63, 3.8) is 0 Å². The number of aromatic nitrogens is 1. The van der Waals surface area contributed by atoms with Crippen molar-refractivity contribution in [1.29, 1.82) is 0 Å². The number of hydrogen-bond donors (Lipinski definition) is 1. The van der Waals surface area contributed by atoms with Crippen LogP contribution < -0.4 is 10.6 Å². The molecule has 2 N–H and O–H groups in total. The summed E-state index contributed by atoms with van der Waals surface area (Å²) in [6, 6.07) is 4.17. The zero-order valence-corrected chi connectivity index (χ0v) is 8.61. The van der Waals surface area contributed by atoms with E-state index in [1.165, 1.54) is 5.56 Å². The summed E-state index contributed by atoms with van der Waals surface area (Å²) in [5, 5.41) is 0. The van der Waals surface area contributed by atoms with Gasteiger partial charge < -0.3 is 10.6 Å². The van der Waals surface area contributed by atoms with Gasteiger partial charge in [0.05, 0.1) is 0 Å². The normalized spacial score (nSPS) is 16.9. The van der Waals surface area contributed by atoms with E-state index >= 15 is 0 Å². The van der Waals surface area contributed by atoms with E-state index in [1.807, 2.05) is 12.3 Å². The van der Waals surface area contributed by atoms with Gasteiger partial charge in [0.15, 0.2) is 0 Å². The van der Waals surface area contributed by atoms with Crippen molar-refractivity contribution in [2.45, 2.75) is 13.3 Å². The van der Waals surface area contributed by atoms with Crippen molar-refractivity contribution in [2.24, 2.45) is 11.7 Å². The summed E-state index contributed by atoms with van der Waals surface area (Å²) >= 11 is 0. The molecule has 0 bridgehead atoms. The molecule has 0 saturated carbocycles. The average Bonchev–Trinajstić information content (AvgIpc) is 2.10. The van der Waals surface area contributed by atoms with Gasteiger partial charge in [-0.2, -0.15) is 0 Å². The minimum absolute atomic E-state index is 0.780. The van der Waals surface area contributed by atoms with Crippen LogP contribution in [0.1, 0.15) is 12.0 Å². The van der Waals surface area contributed by atoms with Crippen molar-refractivity contribution in [3.05, 3.63) is 23.9 Å². The molecule has 0 spiro atoms. The lowest BCUT2D eigenvalue weighted by molar-refractivity contribution is 0.386. The summed E-state index contributed by atoms with van der Waals surface area (Å²) in [6.07, 6.45) is 3.02. The van der Waals surface area contributed by atoms with Crippen LogP contribution in [0.15, 0.2) is 18.3 Å². The van der Waals surface area contributed by atoms with Crippen molar-refractivity contribution in [1.82, 2.24) is 4.98 Å². The van der Waals surface area contributed by atoms with Crippen LogP contribution >= 0.6 is 0 Å². The number of nitrogens with zero attached hydrogens (tertiary/aromatic N) is 2. The maximum atomic E-state index is 5.51. The fourth-order valence-corrected chi connectivity index (χ4v) is 1.87. The molecule has 1 saturated heterocycles. The first-order chi connectivity index (χ1) is 6.79. The van der Waals surface area contributed by atoms with Gasteiger partial charge in [0.25, 0.3) is 0 Å². The third-order valence-electron chi connectivity index (χ3n) is 2.76. The lowest BCUT2D eigenvalue weighted by Crippen LogP contribution is -2.47. The average molecular weight is 191 g/mol. The van der Waals surface area contributed by atoms with Gasteiger partial charge >= 0.3 is 0 Å². The molecule has 1 aliphatic heterocycles. The third kappa shape index (κ3) is 1.87. The Bertz CT molecular complexity index is 305. The smallest absolute Gasteiger partial charge is 0.128 e. The molecular formula is C11H17N3. The molecule has 0 aromatic carbocycles. The Morgan fingerprint density at radius 2 is 2.36 bits per heavy atom. The Labute approximate surface area is 84.9 Å². The van der Waals surface area contributed by atoms with E-state index in [4.69, 9.17) is 5.73 Å². The minimum Gasteiger partial charge on any atom is -0.356 e. The van der Waals surface area contributed by atoms with Crippen molar-refractivity contribution >= 4 is 5.82 Å². The summed E-state index contributed by atoms with van der Waals surface area (Å²) in [4.78, 5) is 6.66. The van der Waals surface area contributed by atoms with Crippen molar-refractivity contribution < 1.29 is 0 Å². The second-order valence-corrected chi connectivity index (χ2v) is 4.04. The van der Waals surface area contributed by atoms with E-state index < -0.39 is 0 Å². The summed E-state index contributed by atoms with van der Waals surface area (Å²) in [6.45, 7) is 5.14. The topological polar surface area (TPSA) is 42.2 Å². The first kappa shape index (κ1) is 9.46. The van der Waals surface area contributed by atoms with Crippen LogP contribution in [0.25, 0.3) is 0 Å². The molecule has 0 atom stereocenters. The fourth-order valence-electron chi connectivity index (χ4n) is 1.87. The highest BCUT2D eigenvalue weighted by Crippen LogP contribution is 2.24. The molecule has 1 aromatic heterocycles. The quantitative estimate of drug-likeness (QED) is 0.780. The Hall–Kier alpha value is -1.09. The van der Waals surface area contributed by atoms with Crippen LogP contribution in [0.3, 0.4) is 0 Å². The van der Waals surface area contributed by atoms with Crippen LogP contribution in [0.5, 0.6) is 0 Å². The SMILES string of the molecule is Cc1ccnc(N2CC(CCN)C2)c1. The van der Waals surface area contributed by atoms with Gasteiger partial charge in [0, 0.05) is 19.3 Å². The molecule has 1 aromatic rings. The molecule has 0 amide bonds. The Morgan fingerprint density at radius 1 is 1.57 bits per heavy atom. The molecule has 0 radical (unpaired) electrons. The van der Waals surface area contributed by atoms with E-state index in [2.05, 4.69) is 22.9 Å². The molecular weight excluding hydrogens is 174 g/mol. The second-order valence-electron chi connectivity index (χ2n) is 4.04. The number of pyridine rings is 1. The maximum absolute atomic E-state index is 5.51. The summed E-state index contributed by atoms with van der Waals surface area (Å²) < 4.78 is 0. The Kier molecular flexibility index (Phi) is 2.68. The second kappa shape index (κ2) is 3.96. The number of hydrogen-bond acceptors (Lipinski definition) is 3. The highest BCUT2D eigenvalue weighted by molar-refractivity contribution is 5.43. The molecule has 0 aliphatic carbocycles. The van der Waals surface area contributed by atoms with Gasteiger partial charge in [-0.3, -0.25) is 0 Å². The lowest BCUT2D eigenvalue weighted by Gasteiger charge is -2.40. The van der Waals surface area contributed by atoms with Crippen molar-refractivity contribution in [2.75, 3.05) is 24.5 Å². The molecule has 1 fully saturated rings. The summed E-state index contributed by atoms with van der Waals surface area (Å²) in [5.41, 5.74) is 6.79. The Morgan fingerprint density at radius 3 is 3.00 bits per heavy atom. The van der Waals surface area contributed by atoms with Gasteiger partial charge in [-0.15, -0.1) is 0 Å². The highest BCUT2D eigenvalue weighted by atomic mass is 15.2. The lowest BCUT2D eigenvalue weighted by atomic mass is 9.96. The fraction of sp³-hybridized carbons (Fsp3) is 0.545. The molecule has 1 aliphatic rings. The van der Waals surface area contributed by atoms with E-state index in [0.29, 0.717) is 0 Å². The molecule has 2 heterocycles. The number of rotatable bonds is 3. The first-order valence-electron chi connectivity index (χ1n) is 5.17. The maximum Gasteiger partial charge on any atom is 0.128 e. The molecule has 3 nitrogen and oxygen atoms in total. The minimum atomic E-state index is 0.780. The molecule has 3 heteroatoms. The zero-order chi connectivity index (χ0) is 9.97. The van der Waals surface area contributed by atoms with Crippen LogP contribution in [-0.4, -0.2) is 24.6 Å². The monoisotopic (exact) mass is 191 g/mol. The summed E-state index contributed by atoms with van der Waals surface area (Å²) in [5.74, 6) is 1.89. The largest absolute Gasteiger partial charge is 0.356 e. The summed E-state index contributed by atoms with van der Waals surface area (Å²) in [7, 11) is 0. The zero-order valence-electron chi connectivity index (χ0n) is 8.61. The van der Waals surface area contributed by atoms with Crippen molar-refractivity contribution in [3.8, 4) is 0 Å². The highest BCUT2D eigenvalue weighted by Gasteiger charge is 2.26. The van der Waals surface area contributed by atoms with Crippen LogP contribution in [0.4, 0.5) is 5.82 Å². The standard InChI is InChI=1S/C11H17N3/c1-9-3-5-13-11(6-9)14-7-10(8-14)2-4-12/h3,5-6,10H,2,4,7-8,12H2,1H3. The molecule has 0 unspecified atom stereocenters.